The Labute approximate surface area is 380 Å². The Bertz CT molecular complexity index is 1930. The summed E-state index contributed by atoms with van der Waals surface area (Å²) >= 11 is 6.36. The monoisotopic (exact) mass is 922 g/mol. The zero-order valence-corrected chi connectivity index (χ0v) is 39.3. The SMILES string of the molecule is Cc1ccc(C[C@H]2NC(=O)/C=C/C[C@@H]([C@H](C)C3OC3c3ccc(CNC(=O)CNC(=O)OC(C)(C)C)cc3)OC(=O)[C@H](CC(C)C)OC(=O)C(C)(C)CNC2=O)cc1Cl.[3H]CSCl. The molecule has 4 rings (SSSR count). The number of aryl methyl sites for hydroxylation is 1. The maximum absolute atomic E-state index is 13.8. The predicted octanol–water partition coefficient (Wildman–Crippen LogP) is 7.07. The van der Waals surface area contributed by atoms with Crippen molar-refractivity contribution in [2.75, 3.05) is 19.3 Å². The third kappa shape index (κ3) is 17.5. The van der Waals surface area contributed by atoms with E-state index in [1.54, 1.807) is 46.8 Å². The molecule has 1 saturated heterocycles. The van der Waals surface area contributed by atoms with E-state index in [2.05, 4.69) is 21.3 Å². The fourth-order valence-electron chi connectivity index (χ4n) is 6.30. The highest BCUT2D eigenvalue weighted by Crippen LogP contribution is 2.45. The molecule has 14 nitrogen and oxygen atoms in total. The summed E-state index contributed by atoms with van der Waals surface area (Å²) < 4.78 is 29.5. The van der Waals surface area contributed by atoms with Gasteiger partial charge < -0.3 is 40.2 Å². The van der Waals surface area contributed by atoms with Crippen molar-refractivity contribution in [3.05, 3.63) is 81.9 Å². The van der Waals surface area contributed by atoms with E-state index in [9.17, 15) is 28.8 Å². The second-order valence-corrected chi connectivity index (χ2v) is 18.7. The van der Waals surface area contributed by atoms with E-state index >= 15 is 0 Å². The lowest BCUT2D eigenvalue weighted by atomic mass is 9.92. The van der Waals surface area contributed by atoms with Crippen LogP contribution in [0, 0.1) is 24.2 Å². The number of ether oxygens (including phenoxy) is 4. The summed E-state index contributed by atoms with van der Waals surface area (Å²) in [5.41, 5.74) is 1.41. The Hall–Kier alpha value is -4.31. The quantitative estimate of drug-likeness (QED) is 0.103. The van der Waals surface area contributed by atoms with Crippen molar-refractivity contribution in [2.45, 2.75) is 124 Å². The lowest BCUT2D eigenvalue weighted by Gasteiger charge is -2.29. The van der Waals surface area contributed by atoms with Crippen LogP contribution in [0.4, 0.5) is 4.79 Å². The number of nitrogens with one attached hydrogen (secondary N) is 4. The van der Waals surface area contributed by atoms with Crippen molar-refractivity contribution >= 4 is 69.0 Å². The van der Waals surface area contributed by atoms with Crippen molar-refractivity contribution in [3.8, 4) is 0 Å². The number of alkyl carbamates (subject to hydrolysis) is 1. The first kappa shape index (κ1) is 50.3. The van der Waals surface area contributed by atoms with Gasteiger partial charge in [0.15, 0.2) is 6.10 Å². The summed E-state index contributed by atoms with van der Waals surface area (Å²) in [6, 6.07) is 11.9. The van der Waals surface area contributed by atoms with Crippen LogP contribution in [0.2, 0.25) is 5.02 Å². The van der Waals surface area contributed by atoms with Gasteiger partial charge in [-0.2, -0.15) is 0 Å². The van der Waals surface area contributed by atoms with Crippen LogP contribution in [0.3, 0.4) is 0 Å². The van der Waals surface area contributed by atoms with Gasteiger partial charge in [-0.05, 0) is 105 Å². The van der Waals surface area contributed by atoms with E-state index in [4.69, 9.17) is 42.6 Å². The van der Waals surface area contributed by atoms with Gasteiger partial charge in [0.1, 0.15) is 30.4 Å². The molecule has 2 aromatic carbocycles. The number of halogens is 2. The summed E-state index contributed by atoms with van der Waals surface area (Å²) in [6.45, 7) is 15.9. The van der Waals surface area contributed by atoms with Crippen LogP contribution in [0.1, 0.15) is 98.0 Å². The summed E-state index contributed by atoms with van der Waals surface area (Å²) in [6.07, 6.45) is 0.336. The average Bonchev–Trinajstić information content (AvgIpc) is 4.02. The number of epoxide rings is 1. The van der Waals surface area contributed by atoms with Gasteiger partial charge in [0.25, 0.3) is 0 Å². The van der Waals surface area contributed by atoms with Gasteiger partial charge in [0.05, 0.1) is 11.5 Å². The first-order valence-electron chi connectivity index (χ1n) is 21.2. The first-order valence-corrected chi connectivity index (χ1v) is 22.6. The van der Waals surface area contributed by atoms with E-state index < -0.39 is 59.1 Å². The molecule has 0 saturated carbocycles. The number of rotatable bonds is 11. The molecular weight excluding hydrogens is 859 g/mol. The van der Waals surface area contributed by atoms with Crippen LogP contribution in [-0.4, -0.2) is 85.0 Å². The lowest BCUT2D eigenvalue weighted by molar-refractivity contribution is -0.179. The van der Waals surface area contributed by atoms with E-state index in [1.807, 2.05) is 64.1 Å². The molecule has 1 fully saturated rings. The zero-order chi connectivity index (χ0) is 47.1. The third-order valence-electron chi connectivity index (χ3n) is 9.89. The Balaban J connectivity index is 0.00000253. The van der Waals surface area contributed by atoms with Crippen LogP contribution in [0.25, 0.3) is 0 Å². The molecule has 2 aromatic rings. The molecule has 0 spiro atoms. The first-order chi connectivity index (χ1) is 29.5. The number of cyclic esters (lactones) is 2. The van der Waals surface area contributed by atoms with Gasteiger partial charge in [0.2, 0.25) is 17.7 Å². The number of carbonyl (C=O) groups excluding carboxylic acids is 6. The molecule has 342 valence electrons. The minimum absolute atomic E-state index is 0.0226. The third-order valence-corrected chi connectivity index (χ3v) is 10.3. The van der Waals surface area contributed by atoms with Gasteiger partial charge in [-0.15, -0.1) is 0 Å². The smallest absolute Gasteiger partial charge is 0.408 e. The highest BCUT2D eigenvalue weighted by Gasteiger charge is 2.48. The Morgan fingerprint density at radius 3 is 2.31 bits per heavy atom. The van der Waals surface area contributed by atoms with Gasteiger partial charge in [0, 0.05) is 38.2 Å². The number of hydrogen-bond acceptors (Lipinski definition) is 11. The zero-order valence-electron chi connectivity index (χ0n) is 37.9. The van der Waals surface area contributed by atoms with Crippen LogP contribution in [0.5, 0.6) is 0 Å². The molecule has 62 heavy (non-hydrogen) atoms. The average molecular weight is 924 g/mol. The van der Waals surface area contributed by atoms with Gasteiger partial charge in [-0.3, -0.25) is 19.2 Å². The fourth-order valence-corrected chi connectivity index (χ4v) is 6.51. The molecule has 0 aliphatic carbocycles. The van der Waals surface area contributed by atoms with E-state index in [0.717, 1.165) is 33.2 Å². The van der Waals surface area contributed by atoms with Crippen LogP contribution in [0.15, 0.2) is 54.6 Å². The fraction of sp³-hybridized carbons (Fsp3) is 0.556. The molecule has 0 bridgehead atoms. The number of hydrogen-bond donors (Lipinski definition) is 4. The van der Waals surface area contributed by atoms with Crippen molar-refractivity contribution < 1.29 is 49.1 Å². The molecule has 0 aromatic heterocycles. The topological polar surface area (TPSA) is 191 Å². The van der Waals surface area contributed by atoms with Crippen molar-refractivity contribution in [1.29, 1.82) is 0 Å². The van der Waals surface area contributed by atoms with E-state index in [-0.39, 0.29) is 75.1 Å². The maximum atomic E-state index is 13.8. The Morgan fingerprint density at radius 1 is 1.03 bits per heavy atom. The number of benzene rings is 2. The lowest BCUT2D eigenvalue weighted by Crippen LogP contribution is -2.51. The summed E-state index contributed by atoms with van der Waals surface area (Å²) in [4.78, 5) is 78.3. The second-order valence-electron chi connectivity index (χ2n) is 17.5. The molecule has 4 N–H and O–H groups in total. The van der Waals surface area contributed by atoms with Crippen molar-refractivity contribution in [1.82, 2.24) is 21.3 Å². The van der Waals surface area contributed by atoms with Gasteiger partial charge in [-0.25, -0.2) is 9.59 Å². The molecule has 2 aliphatic rings. The van der Waals surface area contributed by atoms with Gasteiger partial charge >= 0.3 is 18.0 Å². The second kappa shape index (κ2) is 23.9. The summed E-state index contributed by atoms with van der Waals surface area (Å²) in [5, 5.41) is 11.3. The number of carbonyl (C=O) groups is 6. The van der Waals surface area contributed by atoms with E-state index in [1.165, 1.54) is 6.08 Å². The standard InChI is InChI=1S/C44H59ClN4O10.CH3ClS/c1-25(2)19-34-40(53)56-33(27(4)37-38(58-37)30-17-15-28(16-18-30)22-46-36(51)23-47-42(55)59-43(5,6)7)11-10-12-35(50)49-32(21-29-14-13-26(3)31(45)20-29)39(52)48-24-44(8,9)41(54)57-34;1-3-2/h10,12-18,20,25,27,32-34,37-38H,11,19,21-24H2,1-9H3,(H,46,51)(H,47,55)(H,48,52)(H,49,50);1H3/b12-10+;/t27-,32+,33-,34-,37?,38?;/m0./s1/i;1T. The number of esters is 2. The van der Waals surface area contributed by atoms with Crippen LogP contribution < -0.4 is 21.3 Å². The van der Waals surface area contributed by atoms with Crippen molar-refractivity contribution in [2.24, 2.45) is 17.3 Å². The minimum atomic E-state index is -1.23. The number of amides is 4. The maximum Gasteiger partial charge on any atom is 0.408 e. The van der Waals surface area contributed by atoms with Crippen LogP contribution >= 0.6 is 33.3 Å². The highest BCUT2D eigenvalue weighted by atomic mass is 35.7. The van der Waals surface area contributed by atoms with Crippen molar-refractivity contribution in [3.63, 3.8) is 0 Å². The van der Waals surface area contributed by atoms with E-state index in [0.29, 0.717) is 5.02 Å². The predicted molar refractivity (Wildman–Crippen MR) is 240 cm³/mol. The van der Waals surface area contributed by atoms with Crippen LogP contribution in [-0.2, 0) is 55.9 Å². The highest BCUT2D eigenvalue weighted by molar-refractivity contribution is 8.20. The molecule has 4 amide bonds. The molecule has 2 aliphatic heterocycles. The van der Waals surface area contributed by atoms with Gasteiger partial charge in [-0.1, -0.05) is 85.8 Å². The Kier molecular flexibility index (Phi) is 19.4. The molecular formula is C45H62Cl2N4O10S. The summed E-state index contributed by atoms with van der Waals surface area (Å²) in [5.74, 6) is -3.18. The molecule has 6 atom stereocenters. The summed E-state index contributed by atoms with van der Waals surface area (Å²) in [7, 11) is 5.91. The molecule has 0 radical (unpaired) electrons. The Morgan fingerprint density at radius 2 is 1.69 bits per heavy atom. The minimum Gasteiger partial charge on any atom is -0.459 e. The molecule has 17 heteroatoms. The molecule has 2 heterocycles. The normalized spacial score (nSPS) is 23.2. The largest absolute Gasteiger partial charge is 0.459 e. The molecule has 2 unspecified atom stereocenters.